The first-order chi connectivity index (χ1) is 8.41. The molecule has 0 aliphatic heterocycles. The van der Waals surface area contributed by atoms with Crippen molar-refractivity contribution >= 4 is 7.60 Å². The van der Waals surface area contributed by atoms with Gasteiger partial charge in [0.2, 0.25) is 0 Å². The fourth-order valence-electron chi connectivity index (χ4n) is 1.53. The number of benzene rings is 1. The van der Waals surface area contributed by atoms with Gasteiger partial charge in [-0.05, 0) is 38.5 Å². The van der Waals surface area contributed by atoms with Crippen molar-refractivity contribution in [2.75, 3.05) is 13.2 Å². The van der Waals surface area contributed by atoms with Gasteiger partial charge in [-0.25, -0.2) is 8.78 Å². The molecule has 0 fully saturated rings. The molecule has 1 aromatic rings. The zero-order chi connectivity index (χ0) is 13.8. The van der Waals surface area contributed by atoms with Crippen molar-refractivity contribution in [2.45, 2.75) is 26.9 Å². The molecule has 0 heterocycles. The maximum atomic E-state index is 13.4. The lowest BCUT2D eigenvalue weighted by Gasteiger charge is -2.17. The van der Waals surface area contributed by atoms with Gasteiger partial charge in [-0.15, -0.1) is 0 Å². The second-order valence-electron chi connectivity index (χ2n) is 3.79. The van der Waals surface area contributed by atoms with E-state index in [2.05, 4.69) is 0 Å². The monoisotopic (exact) mass is 278 g/mol. The fraction of sp³-hybridized carbons (Fsp3) is 0.500. The highest BCUT2D eigenvalue weighted by atomic mass is 31.2. The summed E-state index contributed by atoms with van der Waals surface area (Å²) in [5.41, 5.74) is 0.210. The lowest BCUT2D eigenvalue weighted by Crippen LogP contribution is -2.01. The van der Waals surface area contributed by atoms with Gasteiger partial charge >= 0.3 is 7.60 Å². The molecule has 6 heteroatoms. The average Bonchev–Trinajstić information content (AvgIpc) is 2.26. The van der Waals surface area contributed by atoms with Crippen LogP contribution in [0, 0.1) is 18.6 Å². The van der Waals surface area contributed by atoms with Gasteiger partial charge in [0.15, 0.2) is 0 Å². The summed E-state index contributed by atoms with van der Waals surface area (Å²) in [6.45, 7) is 5.14. The molecule has 1 rings (SSSR count). The molecular weight excluding hydrogens is 261 g/mol. The standard InChI is InChI=1S/C12H17F2O3P/c1-4-16-18(15,17-5-2)8-10-6-11(13)9(3)12(14)7-10/h6-7H,4-5,8H2,1-3H3. The molecule has 0 aromatic heterocycles. The highest BCUT2D eigenvalue weighted by Crippen LogP contribution is 2.51. The van der Waals surface area contributed by atoms with Crippen LogP contribution in [0.5, 0.6) is 0 Å². The smallest absolute Gasteiger partial charge is 0.309 e. The summed E-state index contributed by atoms with van der Waals surface area (Å²) in [5.74, 6) is -1.32. The Kier molecular flexibility index (Phi) is 5.45. The minimum atomic E-state index is -3.33. The number of halogens is 2. The maximum absolute atomic E-state index is 13.4. The number of rotatable bonds is 6. The molecule has 0 N–H and O–H groups in total. The van der Waals surface area contributed by atoms with Crippen LogP contribution in [0.2, 0.25) is 0 Å². The van der Waals surface area contributed by atoms with Gasteiger partial charge in [0.05, 0.1) is 19.4 Å². The van der Waals surface area contributed by atoms with Crippen molar-refractivity contribution in [2.24, 2.45) is 0 Å². The SMILES string of the molecule is CCOP(=O)(Cc1cc(F)c(C)c(F)c1)OCC. The van der Waals surface area contributed by atoms with Gasteiger partial charge < -0.3 is 9.05 Å². The van der Waals surface area contributed by atoms with Gasteiger partial charge in [-0.1, -0.05) is 0 Å². The highest BCUT2D eigenvalue weighted by Gasteiger charge is 2.25. The topological polar surface area (TPSA) is 35.5 Å². The normalized spacial score (nSPS) is 11.8. The predicted molar refractivity (Wildman–Crippen MR) is 65.7 cm³/mol. The van der Waals surface area contributed by atoms with Crippen LogP contribution in [0.15, 0.2) is 12.1 Å². The van der Waals surface area contributed by atoms with E-state index in [4.69, 9.17) is 9.05 Å². The Labute approximate surface area is 106 Å². The van der Waals surface area contributed by atoms with E-state index in [9.17, 15) is 13.3 Å². The van der Waals surface area contributed by atoms with Crippen LogP contribution >= 0.6 is 7.60 Å². The Morgan fingerprint density at radius 2 is 1.56 bits per heavy atom. The van der Waals surface area contributed by atoms with Gasteiger partial charge in [0, 0.05) is 5.56 Å². The maximum Gasteiger partial charge on any atom is 0.335 e. The molecule has 0 unspecified atom stereocenters. The van der Waals surface area contributed by atoms with Crippen LogP contribution in [-0.4, -0.2) is 13.2 Å². The molecule has 0 saturated heterocycles. The lowest BCUT2D eigenvalue weighted by atomic mass is 10.1. The van der Waals surface area contributed by atoms with Crippen molar-refractivity contribution in [3.8, 4) is 0 Å². The highest BCUT2D eigenvalue weighted by molar-refractivity contribution is 7.53. The third-order valence-corrected chi connectivity index (χ3v) is 4.42. The summed E-state index contributed by atoms with van der Waals surface area (Å²) in [6.07, 6.45) is -0.136. The predicted octanol–water partition coefficient (Wildman–Crippen LogP) is 4.04. The van der Waals surface area contributed by atoms with E-state index in [0.29, 0.717) is 0 Å². The van der Waals surface area contributed by atoms with E-state index in [1.165, 1.54) is 6.92 Å². The van der Waals surface area contributed by atoms with Crippen LogP contribution in [0.1, 0.15) is 25.0 Å². The van der Waals surface area contributed by atoms with E-state index in [1.54, 1.807) is 13.8 Å². The largest absolute Gasteiger partial charge is 0.335 e. The summed E-state index contributed by atoms with van der Waals surface area (Å²) < 4.78 is 49.1. The van der Waals surface area contributed by atoms with E-state index in [-0.39, 0.29) is 30.5 Å². The fourth-order valence-corrected chi connectivity index (χ4v) is 3.21. The Morgan fingerprint density at radius 1 is 1.11 bits per heavy atom. The van der Waals surface area contributed by atoms with Crippen molar-refractivity contribution in [1.82, 2.24) is 0 Å². The molecule has 0 radical (unpaired) electrons. The van der Waals surface area contributed by atoms with Crippen molar-refractivity contribution in [3.63, 3.8) is 0 Å². The van der Waals surface area contributed by atoms with Crippen molar-refractivity contribution in [1.29, 1.82) is 0 Å². The van der Waals surface area contributed by atoms with Crippen molar-refractivity contribution in [3.05, 3.63) is 34.9 Å². The first-order valence-electron chi connectivity index (χ1n) is 5.74. The van der Waals surface area contributed by atoms with Crippen LogP contribution in [0.4, 0.5) is 8.78 Å². The minimum absolute atomic E-state index is 0.0543. The van der Waals surface area contributed by atoms with Gasteiger partial charge in [0.25, 0.3) is 0 Å². The molecule has 18 heavy (non-hydrogen) atoms. The summed E-state index contributed by atoms with van der Waals surface area (Å²) >= 11 is 0. The quantitative estimate of drug-likeness (QED) is 0.737. The Hall–Kier alpha value is -0.770. The van der Waals surface area contributed by atoms with Crippen molar-refractivity contribution < 1.29 is 22.4 Å². The average molecular weight is 278 g/mol. The number of hydrogen-bond donors (Lipinski definition) is 0. The Balaban J connectivity index is 2.98. The third-order valence-electron chi connectivity index (χ3n) is 2.37. The van der Waals surface area contributed by atoms with Crippen LogP contribution in [0.3, 0.4) is 0 Å². The molecule has 0 bridgehead atoms. The summed E-state index contributed by atoms with van der Waals surface area (Å²) in [5, 5.41) is 0. The summed E-state index contributed by atoms with van der Waals surface area (Å²) in [7, 11) is -3.33. The molecule has 1 aromatic carbocycles. The Bertz CT molecular complexity index is 430. The molecule has 0 atom stereocenters. The molecule has 102 valence electrons. The summed E-state index contributed by atoms with van der Waals surface area (Å²) in [6, 6.07) is 2.31. The zero-order valence-corrected chi connectivity index (χ0v) is 11.6. The molecular formula is C12H17F2O3P. The van der Waals surface area contributed by atoms with Crippen LogP contribution in [0.25, 0.3) is 0 Å². The van der Waals surface area contributed by atoms with Crippen LogP contribution < -0.4 is 0 Å². The van der Waals surface area contributed by atoms with E-state index < -0.39 is 19.2 Å². The molecule has 0 amide bonds. The van der Waals surface area contributed by atoms with Gasteiger partial charge in [0.1, 0.15) is 11.6 Å². The zero-order valence-electron chi connectivity index (χ0n) is 10.7. The van der Waals surface area contributed by atoms with Crippen LogP contribution in [-0.2, 0) is 19.8 Å². The first-order valence-corrected chi connectivity index (χ1v) is 7.47. The second kappa shape index (κ2) is 6.41. The van der Waals surface area contributed by atoms with E-state index in [1.807, 2.05) is 0 Å². The number of hydrogen-bond acceptors (Lipinski definition) is 3. The second-order valence-corrected chi connectivity index (χ2v) is 5.84. The Morgan fingerprint density at radius 3 is 1.94 bits per heavy atom. The van der Waals surface area contributed by atoms with E-state index >= 15 is 0 Å². The molecule has 0 aliphatic rings. The van der Waals surface area contributed by atoms with Gasteiger partial charge in [-0.3, -0.25) is 4.57 Å². The molecule has 0 saturated carbocycles. The third kappa shape index (κ3) is 3.87. The van der Waals surface area contributed by atoms with E-state index in [0.717, 1.165) is 12.1 Å². The molecule has 3 nitrogen and oxygen atoms in total. The minimum Gasteiger partial charge on any atom is -0.309 e. The molecule has 0 spiro atoms. The van der Waals surface area contributed by atoms with Gasteiger partial charge in [-0.2, -0.15) is 0 Å². The lowest BCUT2D eigenvalue weighted by molar-refractivity contribution is 0.219. The molecule has 0 aliphatic carbocycles. The summed E-state index contributed by atoms with van der Waals surface area (Å²) in [4.78, 5) is 0. The first kappa shape index (κ1) is 15.3.